The fourth-order valence-corrected chi connectivity index (χ4v) is 4.16. The van der Waals surface area contributed by atoms with Crippen LogP contribution < -0.4 is 5.32 Å². The number of carbonyl (C=O) groups is 1. The number of nitrogens with one attached hydrogen (secondary N) is 2. The number of aromatic amines is 1. The molecule has 7 nitrogen and oxygen atoms in total. The van der Waals surface area contributed by atoms with E-state index >= 15 is 0 Å². The number of piperidine rings is 1. The van der Waals surface area contributed by atoms with Gasteiger partial charge in [0, 0.05) is 50.9 Å². The van der Waals surface area contributed by atoms with Gasteiger partial charge < -0.3 is 15.2 Å². The summed E-state index contributed by atoms with van der Waals surface area (Å²) in [6.07, 6.45) is 3.83. The van der Waals surface area contributed by atoms with Crippen LogP contribution in [0.25, 0.3) is 11.3 Å². The minimum absolute atomic E-state index is 0.0498. The molecule has 2 N–H and O–H groups in total. The molecule has 3 heterocycles. The molecule has 31 heavy (non-hydrogen) atoms. The number of aromatic nitrogens is 3. The first-order chi connectivity index (χ1) is 15.1. The number of hydrogen-bond acceptors (Lipinski definition) is 5. The zero-order valence-electron chi connectivity index (χ0n) is 18.4. The van der Waals surface area contributed by atoms with Crippen LogP contribution in [0.15, 0.2) is 48.7 Å². The van der Waals surface area contributed by atoms with Gasteiger partial charge in [-0.2, -0.15) is 0 Å². The second-order valence-electron chi connectivity index (χ2n) is 8.22. The molecule has 162 valence electrons. The number of rotatable bonds is 6. The van der Waals surface area contributed by atoms with Gasteiger partial charge in [-0.15, -0.1) is 0 Å². The van der Waals surface area contributed by atoms with Crippen LogP contribution in [0.4, 0.5) is 5.82 Å². The summed E-state index contributed by atoms with van der Waals surface area (Å²) in [5.41, 5.74) is 3.49. The Hall–Kier alpha value is -3.19. The summed E-state index contributed by atoms with van der Waals surface area (Å²) in [6, 6.07) is 14.0. The fraction of sp³-hybridized carbons (Fsp3) is 0.375. The van der Waals surface area contributed by atoms with Gasteiger partial charge in [-0.05, 0) is 32.0 Å². The van der Waals surface area contributed by atoms with Crippen molar-refractivity contribution in [1.29, 1.82) is 0 Å². The van der Waals surface area contributed by atoms with Gasteiger partial charge in [0.05, 0.1) is 0 Å². The van der Waals surface area contributed by atoms with Crippen molar-refractivity contribution in [2.75, 3.05) is 39.5 Å². The number of likely N-dealkylation sites (tertiary alicyclic amines) is 1. The molecule has 1 saturated heterocycles. The standard InChI is InChI=1S/C24H30N6O/c1-25-22-19(10-7-13-26-22)16-30-14-11-18(12-15-30)23-27-20(17-8-5-4-6-9-17)21(28-23)24(31)29(2)3/h4-10,13,18H,11-12,14-16H2,1-3H3,(H,25,26)(H,27,28). The molecule has 0 aliphatic carbocycles. The zero-order chi connectivity index (χ0) is 21.8. The molecule has 1 aliphatic rings. The normalized spacial score (nSPS) is 15.1. The Morgan fingerprint density at radius 3 is 2.58 bits per heavy atom. The molecule has 0 radical (unpaired) electrons. The van der Waals surface area contributed by atoms with Crippen LogP contribution in [0.3, 0.4) is 0 Å². The van der Waals surface area contributed by atoms with Crippen molar-refractivity contribution in [3.8, 4) is 11.3 Å². The summed E-state index contributed by atoms with van der Waals surface area (Å²) in [7, 11) is 5.45. The van der Waals surface area contributed by atoms with Crippen LogP contribution in [0.1, 0.15) is 40.6 Å². The quantitative estimate of drug-likeness (QED) is 0.640. The predicted molar refractivity (Wildman–Crippen MR) is 123 cm³/mol. The Kier molecular flexibility index (Phi) is 6.32. The fourth-order valence-electron chi connectivity index (χ4n) is 4.16. The van der Waals surface area contributed by atoms with Gasteiger partial charge >= 0.3 is 0 Å². The third-order valence-electron chi connectivity index (χ3n) is 5.89. The number of hydrogen-bond donors (Lipinski definition) is 2. The van der Waals surface area contributed by atoms with Crippen LogP contribution >= 0.6 is 0 Å². The molecular formula is C24H30N6O. The molecular weight excluding hydrogens is 388 g/mol. The molecule has 1 fully saturated rings. The van der Waals surface area contributed by atoms with E-state index in [1.165, 1.54) is 5.56 Å². The van der Waals surface area contributed by atoms with Crippen molar-refractivity contribution >= 4 is 11.7 Å². The lowest BCUT2D eigenvalue weighted by Gasteiger charge is -2.31. The zero-order valence-corrected chi connectivity index (χ0v) is 18.4. The Morgan fingerprint density at radius 1 is 1.16 bits per heavy atom. The van der Waals surface area contributed by atoms with Crippen LogP contribution in [0.2, 0.25) is 0 Å². The lowest BCUT2D eigenvalue weighted by Crippen LogP contribution is -2.33. The van der Waals surface area contributed by atoms with E-state index in [1.807, 2.05) is 49.6 Å². The first-order valence-corrected chi connectivity index (χ1v) is 10.8. The van der Waals surface area contributed by atoms with E-state index in [4.69, 9.17) is 4.98 Å². The predicted octanol–water partition coefficient (Wildman–Crippen LogP) is 3.59. The van der Waals surface area contributed by atoms with Gasteiger partial charge in [0.1, 0.15) is 23.0 Å². The van der Waals surface area contributed by atoms with Crippen LogP contribution in [0.5, 0.6) is 0 Å². The summed E-state index contributed by atoms with van der Waals surface area (Å²) in [5.74, 6) is 2.13. The van der Waals surface area contributed by atoms with E-state index in [0.29, 0.717) is 11.6 Å². The Balaban J connectivity index is 1.50. The highest BCUT2D eigenvalue weighted by atomic mass is 16.2. The second kappa shape index (κ2) is 9.31. The molecule has 0 atom stereocenters. The van der Waals surface area contributed by atoms with E-state index in [1.54, 1.807) is 19.0 Å². The van der Waals surface area contributed by atoms with Crippen molar-refractivity contribution in [1.82, 2.24) is 24.8 Å². The lowest BCUT2D eigenvalue weighted by atomic mass is 9.96. The molecule has 7 heteroatoms. The number of imidazole rings is 1. The van der Waals surface area contributed by atoms with Gasteiger partial charge in [-0.25, -0.2) is 9.97 Å². The largest absolute Gasteiger partial charge is 0.373 e. The van der Waals surface area contributed by atoms with Gasteiger partial charge in [-0.3, -0.25) is 9.69 Å². The molecule has 0 saturated carbocycles. The topological polar surface area (TPSA) is 77.2 Å². The number of benzene rings is 1. The lowest BCUT2D eigenvalue weighted by molar-refractivity contribution is 0.0823. The average molecular weight is 419 g/mol. The summed E-state index contributed by atoms with van der Waals surface area (Å²) >= 11 is 0. The van der Waals surface area contributed by atoms with Gasteiger partial charge in [0.15, 0.2) is 0 Å². The monoisotopic (exact) mass is 418 g/mol. The van der Waals surface area contributed by atoms with E-state index < -0.39 is 0 Å². The number of anilines is 1. The minimum Gasteiger partial charge on any atom is -0.373 e. The maximum Gasteiger partial charge on any atom is 0.272 e. The SMILES string of the molecule is CNc1ncccc1CN1CCC(c2nc(-c3ccccc3)c(C(=O)N(C)C)[nH]2)CC1. The van der Waals surface area contributed by atoms with Gasteiger partial charge in [-0.1, -0.05) is 36.4 Å². The second-order valence-corrected chi connectivity index (χ2v) is 8.22. The van der Waals surface area contributed by atoms with Crippen LogP contribution in [-0.4, -0.2) is 64.9 Å². The van der Waals surface area contributed by atoms with E-state index in [9.17, 15) is 4.79 Å². The molecule has 0 spiro atoms. The van der Waals surface area contributed by atoms with Crippen molar-refractivity contribution in [3.05, 3.63) is 65.7 Å². The van der Waals surface area contributed by atoms with E-state index in [-0.39, 0.29) is 5.91 Å². The van der Waals surface area contributed by atoms with E-state index in [0.717, 1.165) is 55.4 Å². The molecule has 0 unspecified atom stereocenters. The van der Waals surface area contributed by atoms with Crippen molar-refractivity contribution in [3.63, 3.8) is 0 Å². The first-order valence-electron chi connectivity index (χ1n) is 10.8. The van der Waals surface area contributed by atoms with Crippen molar-refractivity contribution in [2.24, 2.45) is 0 Å². The smallest absolute Gasteiger partial charge is 0.272 e. The van der Waals surface area contributed by atoms with E-state index in [2.05, 4.69) is 26.3 Å². The molecule has 1 aliphatic heterocycles. The highest BCUT2D eigenvalue weighted by Gasteiger charge is 2.27. The van der Waals surface area contributed by atoms with Gasteiger partial charge in [0.25, 0.3) is 5.91 Å². The van der Waals surface area contributed by atoms with Crippen molar-refractivity contribution in [2.45, 2.75) is 25.3 Å². The summed E-state index contributed by atoms with van der Waals surface area (Å²) in [6.45, 7) is 2.86. The number of carbonyl (C=O) groups excluding carboxylic acids is 1. The molecule has 1 aromatic carbocycles. The average Bonchev–Trinajstić information content (AvgIpc) is 3.25. The molecule has 4 rings (SSSR count). The number of nitrogens with zero attached hydrogens (tertiary/aromatic N) is 4. The highest BCUT2D eigenvalue weighted by Crippen LogP contribution is 2.31. The molecule has 1 amide bonds. The number of pyridine rings is 1. The summed E-state index contributed by atoms with van der Waals surface area (Å²) in [5, 5.41) is 3.18. The highest BCUT2D eigenvalue weighted by molar-refractivity contribution is 5.98. The summed E-state index contributed by atoms with van der Waals surface area (Å²) in [4.78, 5) is 29.5. The number of amides is 1. The third-order valence-corrected chi connectivity index (χ3v) is 5.89. The Morgan fingerprint density at radius 2 is 1.90 bits per heavy atom. The third kappa shape index (κ3) is 4.61. The molecule has 0 bridgehead atoms. The van der Waals surface area contributed by atoms with Gasteiger partial charge in [0.2, 0.25) is 0 Å². The first kappa shape index (κ1) is 21.1. The number of H-pyrrole nitrogens is 1. The maximum absolute atomic E-state index is 12.8. The molecule has 2 aromatic heterocycles. The maximum atomic E-state index is 12.8. The Labute approximate surface area is 183 Å². The van der Waals surface area contributed by atoms with Crippen LogP contribution in [-0.2, 0) is 6.54 Å². The Bertz CT molecular complexity index is 1020. The van der Waals surface area contributed by atoms with Crippen molar-refractivity contribution < 1.29 is 4.79 Å². The summed E-state index contributed by atoms with van der Waals surface area (Å²) < 4.78 is 0. The minimum atomic E-state index is -0.0498. The molecule has 3 aromatic rings. The van der Waals surface area contributed by atoms with Crippen LogP contribution in [0, 0.1) is 0 Å².